The highest BCUT2D eigenvalue weighted by atomic mass is 19.4. The number of rotatable bonds is 3. The van der Waals surface area contributed by atoms with Gasteiger partial charge >= 0.3 is 6.18 Å². The summed E-state index contributed by atoms with van der Waals surface area (Å²) in [5.74, 6) is 0. The van der Waals surface area contributed by atoms with Crippen molar-refractivity contribution in [2.45, 2.75) is 6.18 Å². The monoisotopic (exact) mass is 293 g/mol. The quantitative estimate of drug-likeness (QED) is 0.616. The highest BCUT2D eigenvalue weighted by Gasteiger charge is 2.37. The second-order valence-electron chi connectivity index (χ2n) is 4.27. The molecule has 0 saturated heterocycles. The average Bonchev–Trinajstić information content (AvgIpc) is 2.45. The van der Waals surface area contributed by atoms with E-state index in [-0.39, 0.29) is 11.8 Å². The Labute approximate surface area is 118 Å². The third kappa shape index (κ3) is 3.68. The van der Waals surface area contributed by atoms with Gasteiger partial charge in [0.2, 0.25) is 6.20 Å². The summed E-state index contributed by atoms with van der Waals surface area (Å²) in [5, 5.41) is 10.3. The van der Waals surface area contributed by atoms with E-state index in [0.29, 0.717) is 0 Å². The molecule has 2 aromatic carbocycles. The first-order chi connectivity index (χ1) is 9.88. The molecule has 108 valence electrons. The molecule has 2 rings (SSSR count). The summed E-state index contributed by atoms with van der Waals surface area (Å²) in [6.07, 6.45) is -4.79. The zero-order valence-electron chi connectivity index (χ0n) is 10.7. The standard InChI is InChI=1S/C15H10F3NO2/c16-15(17,18)14(10-19(20)21)13-8-6-12(7-9-13)11-4-2-1-3-5-11/h1-10H/b14-10+. The van der Waals surface area contributed by atoms with Gasteiger partial charge in [0, 0.05) is 0 Å². The first kappa shape index (κ1) is 14.8. The molecule has 0 fully saturated rings. The second-order valence-corrected chi connectivity index (χ2v) is 4.27. The average molecular weight is 293 g/mol. The summed E-state index contributed by atoms with van der Waals surface area (Å²) < 4.78 is 38.5. The summed E-state index contributed by atoms with van der Waals surface area (Å²) in [6, 6.07) is 14.6. The fourth-order valence-electron chi connectivity index (χ4n) is 1.89. The lowest BCUT2D eigenvalue weighted by Crippen LogP contribution is -2.12. The van der Waals surface area contributed by atoms with E-state index in [0.717, 1.165) is 11.1 Å². The number of allylic oxidation sites excluding steroid dienone is 1. The molecule has 0 aliphatic carbocycles. The van der Waals surface area contributed by atoms with Gasteiger partial charge < -0.3 is 0 Å². The van der Waals surface area contributed by atoms with Crippen LogP contribution in [0.3, 0.4) is 0 Å². The predicted molar refractivity (Wildman–Crippen MR) is 72.9 cm³/mol. The molecule has 6 heteroatoms. The molecule has 0 heterocycles. The van der Waals surface area contributed by atoms with Crippen molar-refractivity contribution >= 4 is 5.57 Å². The van der Waals surface area contributed by atoms with Crippen molar-refractivity contribution in [1.82, 2.24) is 0 Å². The van der Waals surface area contributed by atoms with Crippen molar-refractivity contribution < 1.29 is 18.1 Å². The molecule has 0 aromatic heterocycles. The number of nitrogens with zero attached hydrogens (tertiary/aromatic N) is 1. The molecule has 0 spiro atoms. The number of hydrogen-bond donors (Lipinski definition) is 0. The van der Waals surface area contributed by atoms with Crippen LogP contribution in [0.5, 0.6) is 0 Å². The van der Waals surface area contributed by atoms with Crippen LogP contribution in [0, 0.1) is 10.1 Å². The van der Waals surface area contributed by atoms with Crippen molar-refractivity contribution in [3.63, 3.8) is 0 Å². The van der Waals surface area contributed by atoms with E-state index in [1.54, 1.807) is 0 Å². The van der Waals surface area contributed by atoms with E-state index in [2.05, 4.69) is 0 Å². The number of benzene rings is 2. The van der Waals surface area contributed by atoms with Crippen molar-refractivity contribution in [2.24, 2.45) is 0 Å². The molecule has 0 aliphatic heterocycles. The van der Waals surface area contributed by atoms with Crippen LogP contribution in [0.1, 0.15) is 5.56 Å². The molecular weight excluding hydrogens is 283 g/mol. The third-order valence-corrected chi connectivity index (χ3v) is 2.84. The fourth-order valence-corrected chi connectivity index (χ4v) is 1.89. The summed E-state index contributed by atoms with van der Waals surface area (Å²) in [4.78, 5) is 9.24. The zero-order valence-corrected chi connectivity index (χ0v) is 10.7. The van der Waals surface area contributed by atoms with Gasteiger partial charge in [0.1, 0.15) is 5.57 Å². The van der Waals surface area contributed by atoms with Gasteiger partial charge in [0.05, 0.1) is 4.92 Å². The Kier molecular flexibility index (Phi) is 4.07. The number of nitro groups is 1. The third-order valence-electron chi connectivity index (χ3n) is 2.84. The van der Waals surface area contributed by atoms with E-state index in [4.69, 9.17) is 0 Å². The lowest BCUT2D eigenvalue weighted by atomic mass is 10.0. The molecule has 0 aliphatic rings. The second kappa shape index (κ2) is 5.78. The Bertz CT molecular complexity index is 662. The molecule has 3 nitrogen and oxygen atoms in total. The molecule has 0 atom stereocenters. The van der Waals surface area contributed by atoms with E-state index >= 15 is 0 Å². The SMILES string of the molecule is O=[N+]([O-])/C=C(\c1ccc(-c2ccccc2)cc1)C(F)(F)F. The molecule has 2 aromatic rings. The Hall–Kier alpha value is -2.63. The van der Waals surface area contributed by atoms with E-state index in [1.807, 2.05) is 30.3 Å². The van der Waals surface area contributed by atoms with E-state index in [9.17, 15) is 23.3 Å². The van der Waals surface area contributed by atoms with Gasteiger partial charge in [-0.25, -0.2) is 0 Å². The fraction of sp³-hybridized carbons (Fsp3) is 0.0667. The van der Waals surface area contributed by atoms with Gasteiger partial charge in [0.15, 0.2) is 0 Å². The smallest absolute Gasteiger partial charge is 0.259 e. The minimum atomic E-state index is -4.78. The van der Waals surface area contributed by atoms with Crippen molar-refractivity contribution in [1.29, 1.82) is 0 Å². The molecule has 0 N–H and O–H groups in total. The number of alkyl halides is 3. The molecular formula is C15H10F3NO2. The van der Waals surface area contributed by atoms with Gasteiger partial charge in [0.25, 0.3) is 0 Å². The largest absolute Gasteiger partial charge is 0.422 e. The Balaban J connectivity index is 2.40. The first-order valence-corrected chi connectivity index (χ1v) is 5.96. The van der Waals surface area contributed by atoms with Gasteiger partial charge in [-0.05, 0) is 16.7 Å². The maximum atomic E-state index is 12.8. The zero-order chi connectivity index (χ0) is 15.5. The highest BCUT2D eigenvalue weighted by molar-refractivity contribution is 5.72. The van der Waals surface area contributed by atoms with E-state index < -0.39 is 16.7 Å². The van der Waals surface area contributed by atoms with Crippen molar-refractivity contribution in [2.75, 3.05) is 0 Å². The van der Waals surface area contributed by atoms with Crippen molar-refractivity contribution in [3.8, 4) is 11.1 Å². The van der Waals surface area contributed by atoms with Gasteiger partial charge in [-0.1, -0.05) is 54.6 Å². The van der Waals surface area contributed by atoms with Crippen LogP contribution >= 0.6 is 0 Å². The van der Waals surface area contributed by atoms with Crippen LogP contribution in [0.4, 0.5) is 13.2 Å². The Morgan fingerprint density at radius 2 is 1.48 bits per heavy atom. The van der Waals surface area contributed by atoms with Crippen LogP contribution in [0.2, 0.25) is 0 Å². The van der Waals surface area contributed by atoms with Gasteiger partial charge in [-0.3, -0.25) is 10.1 Å². The molecule has 21 heavy (non-hydrogen) atoms. The molecule has 0 amide bonds. The van der Waals surface area contributed by atoms with Gasteiger partial charge in [-0.2, -0.15) is 13.2 Å². The van der Waals surface area contributed by atoms with Crippen LogP contribution < -0.4 is 0 Å². The number of hydrogen-bond acceptors (Lipinski definition) is 2. The normalized spacial score (nSPS) is 12.2. The highest BCUT2D eigenvalue weighted by Crippen LogP contribution is 2.34. The first-order valence-electron chi connectivity index (χ1n) is 5.96. The molecule has 0 unspecified atom stereocenters. The Morgan fingerprint density at radius 3 is 1.95 bits per heavy atom. The molecule has 0 saturated carbocycles. The summed E-state index contributed by atoms with van der Waals surface area (Å²) >= 11 is 0. The summed E-state index contributed by atoms with van der Waals surface area (Å²) in [5.41, 5.74) is 0.0869. The van der Waals surface area contributed by atoms with Crippen LogP contribution in [-0.2, 0) is 0 Å². The van der Waals surface area contributed by atoms with Crippen LogP contribution in [0.25, 0.3) is 16.7 Å². The Morgan fingerprint density at radius 1 is 0.952 bits per heavy atom. The maximum Gasteiger partial charge on any atom is 0.422 e. The summed E-state index contributed by atoms with van der Waals surface area (Å²) in [6.45, 7) is 0. The minimum absolute atomic E-state index is 0.0163. The molecule has 0 bridgehead atoms. The lowest BCUT2D eigenvalue weighted by Gasteiger charge is -2.10. The predicted octanol–water partition coefficient (Wildman–Crippen LogP) is 4.53. The van der Waals surface area contributed by atoms with Crippen LogP contribution in [-0.4, -0.2) is 11.1 Å². The minimum Gasteiger partial charge on any atom is -0.259 e. The molecule has 0 radical (unpaired) electrons. The topological polar surface area (TPSA) is 43.1 Å². The van der Waals surface area contributed by atoms with Crippen LogP contribution in [0.15, 0.2) is 60.8 Å². The number of halogens is 3. The summed E-state index contributed by atoms with van der Waals surface area (Å²) in [7, 11) is 0. The lowest BCUT2D eigenvalue weighted by molar-refractivity contribution is -0.402. The van der Waals surface area contributed by atoms with Crippen molar-refractivity contribution in [3.05, 3.63) is 76.5 Å². The van der Waals surface area contributed by atoms with E-state index in [1.165, 1.54) is 24.3 Å². The maximum absolute atomic E-state index is 12.8. The van der Waals surface area contributed by atoms with Gasteiger partial charge in [-0.15, -0.1) is 0 Å².